The van der Waals surface area contributed by atoms with Crippen molar-refractivity contribution in [1.29, 1.82) is 0 Å². The Morgan fingerprint density at radius 1 is 0.958 bits per heavy atom. The van der Waals surface area contributed by atoms with Crippen LogP contribution in [0.25, 0.3) is 0 Å². The number of nitrogens with zero attached hydrogens (tertiary/aromatic N) is 2. The molecule has 48 heavy (non-hydrogen) atoms. The molecule has 0 saturated heterocycles. The van der Waals surface area contributed by atoms with Crippen molar-refractivity contribution in [3.8, 4) is 0 Å². The highest BCUT2D eigenvalue weighted by atomic mass is 32.2. The lowest BCUT2D eigenvalue weighted by molar-refractivity contribution is -0.438. The van der Waals surface area contributed by atoms with Gasteiger partial charge >= 0.3 is 0 Å². The van der Waals surface area contributed by atoms with Gasteiger partial charge in [-0.3, -0.25) is 9.35 Å². The third-order valence-electron chi connectivity index (χ3n) is 9.08. The van der Waals surface area contributed by atoms with E-state index >= 15 is 0 Å². The van der Waals surface area contributed by atoms with Crippen LogP contribution in [0.2, 0.25) is 0 Å². The molecule has 260 valence electrons. The lowest BCUT2D eigenvalue weighted by Gasteiger charge is -2.25. The second-order valence-electron chi connectivity index (χ2n) is 13.0. The number of carbonyl (C=O) groups excluding carboxylic acids is 1. The highest BCUT2D eigenvalue weighted by Crippen LogP contribution is 2.48. The molecule has 0 fully saturated rings. The van der Waals surface area contributed by atoms with E-state index in [-0.39, 0.29) is 15.7 Å². The number of thiol groups is 1. The standard InChI is InChI=1S/C35H45N3O7S3/c1-6-37-29-18-16-25(47(40,41)42)23-27(29)34(2,3)31(37)13-9-7-10-14-32-35(4,5)28-24-26(48(43,44)45)17-19-30(28)38(32)21-12-8-11-15-33(39)36-20-22-46/h7,9-10,13-14,16-19,23-24H,6,8,11-12,15,20-22H2,1-5H3,(H3-,36,39,40,41,42,43,44,45,46). The molecule has 0 bridgehead atoms. The van der Waals surface area contributed by atoms with Crippen LogP contribution in [0.3, 0.4) is 0 Å². The van der Waals surface area contributed by atoms with Crippen molar-refractivity contribution in [1.82, 2.24) is 5.32 Å². The molecule has 0 atom stereocenters. The van der Waals surface area contributed by atoms with E-state index in [0.29, 0.717) is 31.8 Å². The first-order valence-electron chi connectivity index (χ1n) is 16.0. The van der Waals surface area contributed by atoms with Crippen molar-refractivity contribution in [2.45, 2.75) is 80.9 Å². The van der Waals surface area contributed by atoms with Crippen molar-refractivity contribution >= 4 is 55.9 Å². The number of fused-ring (bicyclic) bond motifs is 2. The summed E-state index contributed by atoms with van der Waals surface area (Å²) in [4.78, 5) is 13.7. The number of likely N-dealkylation sites (N-methyl/N-ethyl adjacent to an activating group) is 1. The fourth-order valence-electron chi connectivity index (χ4n) is 6.58. The topological polar surface area (TPSA) is 147 Å². The minimum absolute atomic E-state index is 0.0125. The van der Waals surface area contributed by atoms with E-state index in [9.17, 15) is 30.7 Å². The van der Waals surface area contributed by atoms with Crippen LogP contribution < -0.4 is 10.2 Å². The summed E-state index contributed by atoms with van der Waals surface area (Å²) in [6, 6.07) is 9.20. The van der Waals surface area contributed by atoms with E-state index in [1.807, 2.05) is 65.0 Å². The van der Waals surface area contributed by atoms with E-state index in [1.54, 1.807) is 12.1 Å². The van der Waals surface area contributed by atoms with Gasteiger partial charge in [-0.25, -0.2) is 8.42 Å². The predicted molar refractivity (Wildman–Crippen MR) is 191 cm³/mol. The number of hydrogen-bond donors (Lipinski definition) is 3. The number of benzene rings is 2. The smallest absolute Gasteiger partial charge is 0.294 e. The summed E-state index contributed by atoms with van der Waals surface area (Å²) in [6.45, 7) is 11.9. The van der Waals surface area contributed by atoms with E-state index < -0.39 is 31.1 Å². The monoisotopic (exact) mass is 715 g/mol. The SMILES string of the molecule is CCN1\C(=C/C=C/C=C/C2=[N+](CCCCCC(=O)NCCS)c3ccc(S(=O)(=O)O)cc3C2(C)C)C(C)(C)c2cc(S(=O)(=O)[O-])ccc21. The Hall–Kier alpha value is -3.23. The highest BCUT2D eigenvalue weighted by Gasteiger charge is 2.45. The summed E-state index contributed by atoms with van der Waals surface area (Å²) in [6.07, 6.45) is 12.6. The zero-order valence-corrected chi connectivity index (χ0v) is 30.6. The molecule has 0 aromatic heterocycles. The molecule has 4 rings (SSSR count). The van der Waals surface area contributed by atoms with E-state index in [0.717, 1.165) is 53.2 Å². The molecule has 0 aliphatic carbocycles. The molecule has 0 saturated carbocycles. The van der Waals surface area contributed by atoms with Crippen LogP contribution in [-0.4, -0.2) is 67.5 Å². The second-order valence-corrected chi connectivity index (χ2v) is 16.2. The van der Waals surface area contributed by atoms with Gasteiger partial charge in [0.05, 0.1) is 15.2 Å². The minimum atomic E-state index is -4.59. The Bertz CT molecular complexity index is 1910. The first kappa shape index (κ1) is 37.6. The fraction of sp³-hybridized carbons (Fsp3) is 0.429. The third kappa shape index (κ3) is 7.97. The summed E-state index contributed by atoms with van der Waals surface area (Å²) in [5.74, 6) is 0.606. The van der Waals surface area contributed by atoms with Gasteiger partial charge in [-0.15, -0.1) is 0 Å². The summed E-state index contributed by atoms with van der Waals surface area (Å²) in [7, 11) is -8.97. The van der Waals surface area contributed by atoms with Crippen LogP contribution in [-0.2, 0) is 35.9 Å². The maximum absolute atomic E-state index is 12.0. The van der Waals surface area contributed by atoms with E-state index in [2.05, 4.69) is 27.4 Å². The molecular formula is C35H45N3O7S3. The Kier molecular flexibility index (Phi) is 11.5. The molecule has 2 aromatic rings. The lowest BCUT2D eigenvalue weighted by atomic mass is 9.81. The van der Waals surface area contributed by atoms with Crippen LogP contribution in [0, 0.1) is 0 Å². The maximum atomic E-state index is 12.0. The van der Waals surface area contributed by atoms with Crippen LogP contribution >= 0.6 is 12.6 Å². The molecule has 2 aliphatic heterocycles. The first-order valence-corrected chi connectivity index (χ1v) is 19.5. The Balaban J connectivity index is 1.60. The molecule has 13 heteroatoms. The van der Waals surface area contributed by atoms with Crippen molar-refractivity contribution in [3.05, 3.63) is 83.6 Å². The molecule has 2 heterocycles. The second kappa shape index (κ2) is 14.7. The fourth-order valence-corrected chi connectivity index (χ4v) is 7.70. The number of rotatable bonds is 14. The van der Waals surface area contributed by atoms with Crippen molar-refractivity contribution < 1.29 is 35.3 Å². The normalized spacial score (nSPS) is 17.9. The number of nitrogens with one attached hydrogen (secondary N) is 1. The number of anilines is 1. The Morgan fingerprint density at radius 3 is 2.29 bits per heavy atom. The molecule has 1 amide bonds. The quantitative estimate of drug-likeness (QED) is 0.0750. The summed E-state index contributed by atoms with van der Waals surface area (Å²) in [5, 5.41) is 2.83. The van der Waals surface area contributed by atoms with Gasteiger partial charge in [0.1, 0.15) is 16.7 Å². The van der Waals surface area contributed by atoms with Gasteiger partial charge in [-0.2, -0.15) is 25.6 Å². The van der Waals surface area contributed by atoms with Gasteiger partial charge in [0.2, 0.25) is 11.6 Å². The number of allylic oxidation sites excluding steroid dienone is 6. The van der Waals surface area contributed by atoms with Crippen LogP contribution in [0.4, 0.5) is 11.4 Å². The predicted octanol–water partition coefficient (Wildman–Crippen LogP) is 5.63. The average Bonchev–Trinajstić information content (AvgIpc) is 3.36. The molecular weight excluding hydrogens is 671 g/mol. The lowest BCUT2D eigenvalue weighted by Crippen LogP contribution is -2.28. The number of hydrogen-bond acceptors (Lipinski definition) is 8. The maximum Gasteiger partial charge on any atom is 0.294 e. The van der Waals surface area contributed by atoms with Crippen LogP contribution in [0.15, 0.2) is 82.3 Å². The summed E-state index contributed by atoms with van der Waals surface area (Å²) < 4.78 is 71.0. The number of amides is 1. The molecule has 2 aliphatic rings. The zero-order valence-electron chi connectivity index (χ0n) is 28.1. The van der Waals surface area contributed by atoms with Crippen molar-refractivity contribution in [2.24, 2.45) is 0 Å². The Morgan fingerprint density at radius 2 is 1.65 bits per heavy atom. The molecule has 0 unspecified atom stereocenters. The van der Waals surface area contributed by atoms with Crippen LogP contribution in [0.5, 0.6) is 0 Å². The molecule has 0 radical (unpaired) electrons. The summed E-state index contributed by atoms with van der Waals surface area (Å²) >= 11 is 4.12. The van der Waals surface area contributed by atoms with E-state index in [1.165, 1.54) is 24.3 Å². The molecule has 0 spiro atoms. The average molecular weight is 716 g/mol. The van der Waals surface area contributed by atoms with Gasteiger partial charge in [-0.05, 0) is 75.6 Å². The minimum Gasteiger partial charge on any atom is -0.744 e. The van der Waals surface area contributed by atoms with Crippen molar-refractivity contribution in [3.63, 3.8) is 0 Å². The third-order valence-corrected chi connectivity index (χ3v) is 11.0. The first-order chi connectivity index (χ1) is 22.4. The van der Waals surface area contributed by atoms with Gasteiger partial charge in [0.25, 0.3) is 10.1 Å². The van der Waals surface area contributed by atoms with Gasteiger partial charge in [0.15, 0.2) is 5.71 Å². The zero-order chi connectivity index (χ0) is 35.5. The number of carbonyl (C=O) groups is 1. The molecule has 2 N–H and O–H groups in total. The molecule has 10 nitrogen and oxygen atoms in total. The Labute approximate surface area is 290 Å². The van der Waals surface area contributed by atoms with E-state index in [4.69, 9.17) is 0 Å². The van der Waals surface area contributed by atoms with Crippen LogP contribution in [0.1, 0.15) is 71.4 Å². The van der Waals surface area contributed by atoms with Gasteiger partial charge in [-0.1, -0.05) is 32.1 Å². The highest BCUT2D eigenvalue weighted by molar-refractivity contribution is 7.86. The van der Waals surface area contributed by atoms with Gasteiger partial charge in [0, 0.05) is 66.2 Å². The van der Waals surface area contributed by atoms with Crippen molar-refractivity contribution in [2.75, 3.05) is 30.3 Å². The molecule has 2 aromatic carbocycles. The largest absolute Gasteiger partial charge is 0.744 e. The number of unbranched alkanes of at least 4 members (excludes halogenated alkanes) is 2. The van der Waals surface area contributed by atoms with Gasteiger partial charge < -0.3 is 14.8 Å². The summed E-state index contributed by atoms with van der Waals surface area (Å²) in [5.41, 5.74) is 4.11.